The van der Waals surface area contributed by atoms with E-state index in [1.165, 1.54) is 6.92 Å². The van der Waals surface area contributed by atoms with Crippen molar-refractivity contribution in [1.82, 2.24) is 0 Å². The summed E-state index contributed by atoms with van der Waals surface area (Å²) in [6.45, 7) is 5.22. The highest BCUT2D eigenvalue weighted by molar-refractivity contribution is 6.43. The number of benzene rings is 1. The van der Waals surface area contributed by atoms with Crippen LogP contribution in [0.25, 0.3) is 5.53 Å². The first-order valence-electron chi connectivity index (χ1n) is 5.05. The van der Waals surface area contributed by atoms with Gasteiger partial charge in [-0.05, 0) is 26.0 Å². The van der Waals surface area contributed by atoms with Crippen molar-refractivity contribution in [2.24, 2.45) is 0 Å². The predicted octanol–water partition coefficient (Wildman–Crippen LogP) is 2.35. The van der Waals surface area contributed by atoms with Gasteiger partial charge in [-0.25, -0.2) is 0 Å². The number of carbonyl (C=O) groups is 1. The Labute approximate surface area is 94.5 Å². The molecule has 0 heterocycles. The van der Waals surface area contributed by atoms with Crippen LogP contribution in [-0.2, 0) is 0 Å². The van der Waals surface area contributed by atoms with E-state index in [-0.39, 0.29) is 17.6 Å². The lowest BCUT2D eigenvalue weighted by Gasteiger charge is -2.11. The quantitative estimate of drug-likeness (QED) is 0.337. The number of Topliss-reactive ketones (excluding diaryl/α,β-unsaturated/α-hetero) is 1. The van der Waals surface area contributed by atoms with Crippen LogP contribution in [0.4, 0.5) is 0 Å². The maximum absolute atomic E-state index is 11.8. The van der Waals surface area contributed by atoms with Crippen LogP contribution in [0.3, 0.4) is 0 Å². The third-order valence-corrected chi connectivity index (χ3v) is 1.97. The number of nitrogens with zero attached hydrogens (tertiary/aromatic N) is 2. The van der Waals surface area contributed by atoms with Gasteiger partial charge in [0.05, 0.1) is 11.7 Å². The minimum atomic E-state index is -0.334. The Bertz CT molecular complexity index is 446. The van der Waals surface area contributed by atoms with Gasteiger partial charge in [-0.3, -0.25) is 4.79 Å². The zero-order valence-corrected chi connectivity index (χ0v) is 9.60. The first-order chi connectivity index (χ1) is 7.56. The normalized spacial score (nSPS) is 9.75. The van der Waals surface area contributed by atoms with E-state index in [0.29, 0.717) is 11.3 Å². The van der Waals surface area contributed by atoms with Gasteiger partial charge in [0, 0.05) is 6.92 Å². The molecule has 84 valence electrons. The van der Waals surface area contributed by atoms with E-state index in [4.69, 9.17) is 10.3 Å². The molecule has 1 rings (SSSR count). The molecule has 0 aliphatic heterocycles. The van der Waals surface area contributed by atoms with E-state index in [9.17, 15) is 4.79 Å². The highest BCUT2D eigenvalue weighted by Crippen LogP contribution is 2.20. The third-order valence-electron chi connectivity index (χ3n) is 1.97. The van der Waals surface area contributed by atoms with Crippen molar-refractivity contribution in [3.8, 4) is 5.75 Å². The molecule has 1 aromatic rings. The molecule has 0 aliphatic carbocycles. The number of para-hydroxylation sites is 1. The van der Waals surface area contributed by atoms with E-state index in [1.54, 1.807) is 24.3 Å². The van der Waals surface area contributed by atoms with Gasteiger partial charge in [-0.1, -0.05) is 12.1 Å². The molecule has 0 aromatic heterocycles. The minimum Gasteiger partial charge on any atom is -0.490 e. The first kappa shape index (κ1) is 12.1. The summed E-state index contributed by atoms with van der Waals surface area (Å²) in [5, 5.41) is 0. The van der Waals surface area contributed by atoms with Crippen molar-refractivity contribution in [2.75, 3.05) is 0 Å². The van der Waals surface area contributed by atoms with E-state index >= 15 is 0 Å². The van der Waals surface area contributed by atoms with Crippen molar-refractivity contribution in [3.63, 3.8) is 0 Å². The maximum atomic E-state index is 11.8. The Morgan fingerprint density at radius 2 is 2.00 bits per heavy atom. The second-order valence-corrected chi connectivity index (χ2v) is 3.68. The lowest BCUT2D eigenvalue weighted by Crippen LogP contribution is -2.15. The number of carbonyl (C=O) groups excluding carboxylic acids is 1. The molecule has 16 heavy (non-hydrogen) atoms. The van der Waals surface area contributed by atoms with Gasteiger partial charge in [0.2, 0.25) is 0 Å². The first-order valence-corrected chi connectivity index (χ1v) is 5.05. The highest BCUT2D eigenvalue weighted by atomic mass is 16.5. The number of ether oxygens (including phenoxy) is 1. The molecule has 4 nitrogen and oxygen atoms in total. The van der Waals surface area contributed by atoms with Gasteiger partial charge in [0.1, 0.15) is 5.75 Å². The number of ketones is 1. The molecule has 0 unspecified atom stereocenters. The van der Waals surface area contributed by atoms with Crippen molar-refractivity contribution >= 4 is 11.5 Å². The predicted molar refractivity (Wildman–Crippen MR) is 60.8 cm³/mol. The summed E-state index contributed by atoms with van der Waals surface area (Å²) in [7, 11) is 0. The molecule has 4 heteroatoms. The Morgan fingerprint density at radius 1 is 1.38 bits per heavy atom. The van der Waals surface area contributed by atoms with E-state index in [1.807, 2.05) is 13.8 Å². The lowest BCUT2D eigenvalue weighted by atomic mass is 10.1. The fourth-order valence-electron chi connectivity index (χ4n) is 1.25. The molecular weight excluding hydrogens is 204 g/mol. The number of hydrogen-bond acceptors (Lipinski definition) is 2. The maximum Gasteiger partial charge on any atom is 0.336 e. The van der Waals surface area contributed by atoms with E-state index in [0.717, 1.165) is 0 Å². The Hall–Kier alpha value is -1.93. The molecule has 0 spiro atoms. The second-order valence-electron chi connectivity index (χ2n) is 3.68. The summed E-state index contributed by atoms with van der Waals surface area (Å²) >= 11 is 0. The van der Waals surface area contributed by atoms with Crippen molar-refractivity contribution in [3.05, 3.63) is 35.4 Å². The molecule has 0 atom stereocenters. The Kier molecular flexibility index (Phi) is 3.97. The van der Waals surface area contributed by atoms with Gasteiger partial charge < -0.3 is 10.3 Å². The molecule has 0 bridgehead atoms. The molecule has 0 N–H and O–H groups in total. The van der Waals surface area contributed by atoms with Gasteiger partial charge in [0.15, 0.2) is 0 Å². The van der Waals surface area contributed by atoms with Gasteiger partial charge in [-0.2, -0.15) is 4.79 Å². The fraction of sp³-hybridized carbons (Fsp3) is 0.333. The van der Waals surface area contributed by atoms with E-state index in [2.05, 4.69) is 4.79 Å². The summed E-state index contributed by atoms with van der Waals surface area (Å²) in [6, 6.07) is 6.90. The third kappa shape index (κ3) is 2.78. The van der Waals surface area contributed by atoms with Crippen molar-refractivity contribution in [2.45, 2.75) is 26.9 Å². The van der Waals surface area contributed by atoms with Crippen LogP contribution < -0.4 is 4.74 Å². The molecule has 0 saturated carbocycles. The average Bonchev–Trinajstić information content (AvgIpc) is 2.27. The zero-order valence-electron chi connectivity index (χ0n) is 9.60. The van der Waals surface area contributed by atoms with Gasteiger partial charge >= 0.3 is 5.71 Å². The Morgan fingerprint density at radius 3 is 2.56 bits per heavy atom. The van der Waals surface area contributed by atoms with Crippen LogP contribution >= 0.6 is 0 Å². The number of rotatable bonds is 4. The highest BCUT2D eigenvalue weighted by Gasteiger charge is 2.20. The zero-order chi connectivity index (χ0) is 12.1. The largest absolute Gasteiger partial charge is 0.490 e. The summed E-state index contributed by atoms with van der Waals surface area (Å²) in [5.74, 6) is 0.171. The molecule has 0 aliphatic rings. The Balaban J connectivity index is 3.13. The molecule has 0 saturated heterocycles. The number of hydrogen-bond donors (Lipinski definition) is 0. The smallest absolute Gasteiger partial charge is 0.336 e. The van der Waals surface area contributed by atoms with Crippen LogP contribution in [0, 0.1) is 0 Å². The topological polar surface area (TPSA) is 62.7 Å². The average molecular weight is 218 g/mol. The standard InChI is InChI=1S/C12H14N2O2/c1-8(2)16-11-7-5-4-6-10(11)12(15)9(3)14-13/h4-8H,1-3H3. The van der Waals surface area contributed by atoms with E-state index < -0.39 is 0 Å². The minimum absolute atomic E-state index is 0.0136. The van der Waals surface area contributed by atoms with Crippen LogP contribution in [0.15, 0.2) is 24.3 Å². The van der Waals surface area contributed by atoms with Crippen molar-refractivity contribution < 1.29 is 14.3 Å². The SMILES string of the molecule is CC(=[N+]=[N-])C(=O)c1ccccc1OC(C)C. The van der Waals surface area contributed by atoms with Crippen LogP contribution in [0.2, 0.25) is 0 Å². The van der Waals surface area contributed by atoms with Gasteiger partial charge in [0.25, 0.3) is 5.78 Å². The second kappa shape index (κ2) is 5.24. The van der Waals surface area contributed by atoms with Gasteiger partial charge in [-0.15, -0.1) is 0 Å². The van der Waals surface area contributed by atoms with Crippen LogP contribution in [0.1, 0.15) is 31.1 Å². The molecule has 0 amide bonds. The summed E-state index contributed by atoms with van der Waals surface area (Å²) in [4.78, 5) is 14.7. The molecule has 0 fully saturated rings. The summed E-state index contributed by atoms with van der Waals surface area (Å²) < 4.78 is 5.50. The van der Waals surface area contributed by atoms with Crippen molar-refractivity contribution in [1.29, 1.82) is 0 Å². The monoisotopic (exact) mass is 218 g/mol. The molecular formula is C12H14N2O2. The fourth-order valence-corrected chi connectivity index (χ4v) is 1.25. The molecule has 0 radical (unpaired) electrons. The lowest BCUT2D eigenvalue weighted by molar-refractivity contribution is -0.00683. The summed E-state index contributed by atoms with van der Waals surface area (Å²) in [5.41, 5.74) is 9.02. The molecule has 1 aromatic carbocycles. The van der Waals surface area contributed by atoms with Crippen LogP contribution in [-0.4, -0.2) is 22.4 Å². The summed E-state index contributed by atoms with van der Waals surface area (Å²) in [6.07, 6.45) is -0.0136. The van der Waals surface area contributed by atoms with Crippen LogP contribution in [0.5, 0.6) is 5.75 Å².